The second-order valence-corrected chi connectivity index (χ2v) is 10.6. The summed E-state index contributed by atoms with van der Waals surface area (Å²) in [4.78, 5) is 0. The molecule has 0 aromatic heterocycles. The summed E-state index contributed by atoms with van der Waals surface area (Å²) in [5, 5.41) is 0. The number of alkyl halides is 1. The summed E-state index contributed by atoms with van der Waals surface area (Å²) in [7, 11) is 1.90. The SMILES string of the molecule is CCC1(C2CCC(C3CCC(CC=CCCCF)CC3)CC2)CCC(OC)CC1. The maximum absolute atomic E-state index is 12.2. The summed E-state index contributed by atoms with van der Waals surface area (Å²) in [5.74, 6) is 3.89. The first-order valence-corrected chi connectivity index (χ1v) is 12.9. The summed E-state index contributed by atoms with van der Waals surface area (Å²) in [6, 6.07) is 0. The highest BCUT2D eigenvalue weighted by Gasteiger charge is 2.42. The molecule has 2 heteroatoms. The van der Waals surface area contributed by atoms with E-state index in [1.807, 2.05) is 7.11 Å². The predicted octanol–water partition coefficient (Wildman–Crippen LogP) is 8.28. The summed E-state index contributed by atoms with van der Waals surface area (Å²) < 4.78 is 17.8. The van der Waals surface area contributed by atoms with Crippen LogP contribution in [0.5, 0.6) is 0 Å². The quantitative estimate of drug-likeness (QED) is 0.276. The van der Waals surface area contributed by atoms with Crippen LogP contribution in [-0.4, -0.2) is 19.9 Å². The van der Waals surface area contributed by atoms with Crippen molar-refractivity contribution in [3.05, 3.63) is 12.2 Å². The first-order valence-electron chi connectivity index (χ1n) is 12.9. The fourth-order valence-electron chi connectivity index (χ4n) is 7.15. The van der Waals surface area contributed by atoms with Crippen molar-refractivity contribution in [1.29, 1.82) is 0 Å². The third-order valence-corrected chi connectivity index (χ3v) is 9.30. The standard InChI is InChI=1S/C27H47FO/c1-3-27(19-17-26(29-2)18-20-27)25-15-13-24(14-16-25)23-11-9-22(10-12-23)8-6-4-5-7-21-28/h4,6,22-26H,3,5,7-21H2,1-2H3. The Labute approximate surface area is 180 Å². The zero-order valence-corrected chi connectivity index (χ0v) is 19.3. The predicted molar refractivity (Wildman–Crippen MR) is 122 cm³/mol. The molecule has 0 radical (unpaired) electrons. The van der Waals surface area contributed by atoms with Crippen molar-refractivity contribution in [2.24, 2.45) is 29.1 Å². The van der Waals surface area contributed by atoms with Crippen LogP contribution in [0.1, 0.15) is 110 Å². The molecule has 29 heavy (non-hydrogen) atoms. The Hall–Kier alpha value is -0.370. The first kappa shape index (κ1) is 23.3. The molecule has 0 unspecified atom stereocenters. The lowest BCUT2D eigenvalue weighted by atomic mass is 9.58. The molecule has 3 saturated carbocycles. The number of allylic oxidation sites excluding steroid dienone is 2. The van der Waals surface area contributed by atoms with Gasteiger partial charge in [0, 0.05) is 7.11 Å². The minimum Gasteiger partial charge on any atom is -0.381 e. The van der Waals surface area contributed by atoms with Crippen LogP contribution in [0.4, 0.5) is 4.39 Å². The van der Waals surface area contributed by atoms with Crippen LogP contribution in [0.3, 0.4) is 0 Å². The molecule has 1 nitrogen and oxygen atoms in total. The van der Waals surface area contributed by atoms with Crippen molar-refractivity contribution in [2.45, 2.75) is 116 Å². The van der Waals surface area contributed by atoms with Gasteiger partial charge in [0.25, 0.3) is 0 Å². The molecule has 168 valence electrons. The van der Waals surface area contributed by atoms with Gasteiger partial charge in [0.2, 0.25) is 0 Å². The number of rotatable bonds is 9. The lowest BCUT2D eigenvalue weighted by molar-refractivity contribution is -0.0193. The van der Waals surface area contributed by atoms with Crippen LogP contribution in [0.25, 0.3) is 0 Å². The van der Waals surface area contributed by atoms with Gasteiger partial charge in [-0.1, -0.05) is 25.5 Å². The van der Waals surface area contributed by atoms with Crippen molar-refractivity contribution in [3.8, 4) is 0 Å². The summed E-state index contributed by atoms with van der Waals surface area (Å²) in [6.45, 7) is 2.28. The van der Waals surface area contributed by atoms with Gasteiger partial charge in [-0.25, -0.2) is 0 Å². The van der Waals surface area contributed by atoms with Crippen molar-refractivity contribution in [3.63, 3.8) is 0 Å². The second-order valence-electron chi connectivity index (χ2n) is 10.6. The highest BCUT2D eigenvalue weighted by atomic mass is 19.1. The summed E-state index contributed by atoms with van der Waals surface area (Å²) in [6.07, 6.45) is 26.4. The average Bonchev–Trinajstić information content (AvgIpc) is 2.79. The summed E-state index contributed by atoms with van der Waals surface area (Å²) >= 11 is 0. The molecule has 0 spiro atoms. The summed E-state index contributed by atoms with van der Waals surface area (Å²) in [5.41, 5.74) is 0.631. The molecule has 3 rings (SSSR count). The Morgan fingerprint density at radius 2 is 1.48 bits per heavy atom. The van der Waals surface area contributed by atoms with Crippen LogP contribution < -0.4 is 0 Å². The second kappa shape index (κ2) is 11.9. The highest BCUT2D eigenvalue weighted by molar-refractivity contribution is 4.94. The molecule has 0 amide bonds. The van der Waals surface area contributed by atoms with E-state index >= 15 is 0 Å². The maximum atomic E-state index is 12.2. The molecule has 3 aliphatic carbocycles. The van der Waals surface area contributed by atoms with E-state index in [0.717, 1.165) is 30.1 Å². The molecule has 0 aliphatic heterocycles. The normalized spacial score (nSPS) is 39.1. The Morgan fingerprint density at radius 1 is 0.862 bits per heavy atom. The van der Waals surface area contributed by atoms with Crippen LogP contribution >= 0.6 is 0 Å². The molecule has 0 heterocycles. The van der Waals surface area contributed by atoms with Gasteiger partial charge in [0.15, 0.2) is 0 Å². The van der Waals surface area contributed by atoms with E-state index in [4.69, 9.17) is 4.74 Å². The minimum absolute atomic E-state index is 0.176. The fourth-order valence-corrected chi connectivity index (χ4v) is 7.15. The molecule has 0 atom stereocenters. The number of ether oxygens (including phenoxy) is 1. The van der Waals surface area contributed by atoms with Gasteiger partial charge in [0.05, 0.1) is 12.8 Å². The van der Waals surface area contributed by atoms with Crippen molar-refractivity contribution >= 4 is 0 Å². The number of halogens is 1. The monoisotopic (exact) mass is 406 g/mol. The van der Waals surface area contributed by atoms with Crippen LogP contribution in [-0.2, 0) is 4.74 Å². The van der Waals surface area contributed by atoms with E-state index in [2.05, 4.69) is 19.1 Å². The maximum Gasteiger partial charge on any atom is 0.0897 e. The fraction of sp³-hybridized carbons (Fsp3) is 0.926. The number of hydrogen-bond donors (Lipinski definition) is 0. The van der Waals surface area contributed by atoms with E-state index in [1.165, 1.54) is 89.9 Å². The van der Waals surface area contributed by atoms with Gasteiger partial charge in [0.1, 0.15) is 0 Å². The lowest BCUT2D eigenvalue weighted by Crippen LogP contribution is -2.39. The van der Waals surface area contributed by atoms with Crippen molar-refractivity contribution in [2.75, 3.05) is 13.8 Å². The van der Waals surface area contributed by atoms with Crippen LogP contribution in [0, 0.1) is 29.1 Å². The molecule has 0 saturated heterocycles. The molecular weight excluding hydrogens is 359 g/mol. The highest BCUT2D eigenvalue weighted by Crippen LogP contribution is 2.53. The zero-order valence-electron chi connectivity index (χ0n) is 19.3. The van der Waals surface area contributed by atoms with Crippen LogP contribution in [0.15, 0.2) is 12.2 Å². The third-order valence-electron chi connectivity index (χ3n) is 9.30. The largest absolute Gasteiger partial charge is 0.381 e. The average molecular weight is 407 g/mol. The molecule has 3 fully saturated rings. The lowest BCUT2D eigenvalue weighted by Gasteiger charge is -2.48. The third kappa shape index (κ3) is 6.31. The van der Waals surface area contributed by atoms with Gasteiger partial charge in [-0.15, -0.1) is 0 Å². The topological polar surface area (TPSA) is 9.23 Å². The molecule has 0 aromatic rings. The Kier molecular flexibility index (Phi) is 9.54. The minimum atomic E-state index is -0.176. The van der Waals surface area contributed by atoms with Gasteiger partial charge >= 0.3 is 0 Å². The molecule has 0 aromatic carbocycles. The first-order chi connectivity index (χ1) is 14.2. The zero-order chi connectivity index (χ0) is 20.5. The van der Waals surface area contributed by atoms with Crippen LogP contribution in [0.2, 0.25) is 0 Å². The van der Waals surface area contributed by atoms with E-state index in [9.17, 15) is 4.39 Å². The van der Waals surface area contributed by atoms with E-state index in [0.29, 0.717) is 17.9 Å². The van der Waals surface area contributed by atoms with E-state index < -0.39 is 0 Å². The number of methoxy groups -OCH3 is 1. The van der Waals surface area contributed by atoms with Gasteiger partial charge < -0.3 is 4.74 Å². The van der Waals surface area contributed by atoms with E-state index in [-0.39, 0.29) is 6.67 Å². The molecule has 0 N–H and O–H groups in total. The number of hydrogen-bond acceptors (Lipinski definition) is 1. The molecule has 0 bridgehead atoms. The van der Waals surface area contributed by atoms with Gasteiger partial charge in [-0.2, -0.15) is 0 Å². The molecular formula is C27H47FO. The Bertz CT molecular complexity index is 463. The van der Waals surface area contributed by atoms with Gasteiger partial charge in [-0.05, 0) is 125 Å². The van der Waals surface area contributed by atoms with Gasteiger partial charge in [-0.3, -0.25) is 4.39 Å². The Morgan fingerprint density at radius 3 is 2.03 bits per heavy atom. The Balaban J connectivity index is 1.38. The smallest absolute Gasteiger partial charge is 0.0897 e. The van der Waals surface area contributed by atoms with Crippen molar-refractivity contribution in [1.82, 2.24) is 0 Å². The van der Waals surface area contributed by atoms with E-state index in [1.54, 1.807) is 0 Å². The molecule has 3 aliphatic rings. The number of unbranched alkanes of at least 4 members (excludes halogenated alkanes) is 1. The van der Waals surface area contributed by atoms with Crippen molar-refractivity contribution < 1.29 is 9.13 Å².